The number of carboxylic acids is 1. The lowest BCUT2D eigenvalue weighted by molar-refractivity contribution is -0.146. The third-order valence-electron chi connectivity index (χ3n) is 3.09. The number of ether oxygens (including phenoxy) is 1. The zero-order chi connectivity index (χ0) is 14.9. The second-order valence-electron chi connectivity index (χ2n) is 4.45. The number of hydrogen-bond donors (Lipinski definition) is 1. The van der Waals surface area contributed by atoms with Gasteiger partial charge in [-0.05, 0) is 30.7 Å². The van der Waals surface area contributed by atoms with Crippen LogP contribution in [0.3, 0.4) is 0 Å². The lowest BCUT2D eigenvalue weighted by atomic mass is 10.2. The van der Waals surface area contributed by atoms with Crippen LogP contribution in [0.1, 0.15) is 5.56 Å². The van der Waals surface area contributed by atoms with E-state index in [0.717, 1.165) is 4.31 Å². The first kappa shape index (κ1) is 15.2. The third kappa shape index (κ3) is 2.80. The van der Waals surface area contributed by atoms with Gasteiger partial charge in [-0.25, -0.2) is 8.42 Å². The third-order valence-corrected chi connectivity index (χ3v) is 5.39. The molecule has 1 aromatic carbocycles. The predicted octanol–water partition coefficient (Wildman–Crippen LogP) is 1.12. The molecule has 110 valence electrons. The maximum Gasteiger partial charge on any atom is 0.324 e. The molecule has 1 atom stereocenters. The van der Waals surface area contributed by atoms with E-state index < -0.39 is 22.0 Å². The van der Waals surface area contributed by atoms with E-state index in [1.54, 1.807) is 6.92 Å². The van der Waals surface area contributed by atoms with Gasteiger partial charge < -0.3 is 9.84 Å². The van der Waals surface area contributed by atoms with Gasteiger partial charge in [0.05, 0.1) is 18.1 Å². The Bertz CT molecular complexity index is 631. The summed E-state index contributed by atoms with van der Waals surface area (Å²) in [7, 11) is -3.89. The Hall–Kier alpha value is -1.15. The molecule has 1 aliphatic rings. The number of sulfonamides is 1. The van der Waals surface area contributed by atoms with E-state index in [9.17, 15) is 13.2 Å². The number of aliphatic carboxylic acids is 1. The number of carboxylic acid groups (broad SMARTS) is 1. The van der Waals surface area contributed by atoms with Crippen LogP contribution < -0.4 is 0 Å². The Morgan fingerprint density at radius 3 is 2.80 bits per heavy atom. The lowest BCUT2D eigenvalue weighted by Gasteiger charge is -2.32. The second-order valence-corrected chi connectivity index (χ2v) is 6.75. The summed E-state index contributed by atoms with van der Waals surface area (Å²) in [5.41, 5.74) is 0.480. The fraction of sp³-hybridized carbons (Fsp3) is 0.417. The SMILES string of the molecule is Cc1cc(Cl)ccc1S(=O)(=O)N1CCOCC1C(=O)O. The minimum atomic E-state index is -3.89. The number of hydrogen-bond acceptors (Lipinski definition) is 4. The topological polar surface area (TPSA) is 83.9 Å². The quantitative estimate of drug-likeness (QED) is 0.902. The number of halogens is 1. The molecule has 2 rings (SSSR count). The van der Waals surface area contributed by atoms with Gasteiger partial charge in [0.15, 0.2) is 0 Å². The number of carbonyl (C=O) groups is 1. The Balaban J connectivity index is 2.45. The van der Waals surface area contributed by atoms with Gasteiger partial charge in [-0.1, -0.05) is 11.6 Å². The van der Waals surface area contributed by atoms with Gasteiger partial charge in [0.25, 0.3) is 0 Å². The van der Waals surface area contributed by atoms with Crippen LogP contribution in [0.4, 0.5) is 0 Å². The summed E-state index contributed by atoms with van der Waals surface area (Å²) >= 11 is 5.81. The zero-order valence-corrected chi connectivity index (χ0v) is 12.3. The van der Waals surface area contributed by atoms with E-state index in [-0.39, 0.29) is 24.7 Å². The molecule has 0 aromatic heterocycles. The Kier molecular flexibility index (Phi) is 4.33. The Morgan fingerprint density at radius 1 is 1.50 bits per heavy atom. The highest BCUT2D eigenvalue weighted by Gasteiger charge is 2.38. The lowest BCUT2D eigenvalue weighted by Crippen LogP contribution is -2.52. The van der Waals surface area contributed by atoms with E-state index in [4.69, 9.17) is 21.4 Å². The molecular weight excluding hydrogens is 306 g/mol. The van der Waals surface area contributed by atoms with E-state index in [2.05, 4.69) is 0 Å². The van der Waals surface area contributed by atoms with Crippen molar-refractivity contribution >= 4 is 27.6 Å². The van der Waals surface area contributed by atoms with Crippen LogP contribution >= 0.6 is 11.6 Å². The second kappa shape index (κ2) is 5.69. The van der Waals surface area contributed by atoms with Gasteiger partial charge in [0.1, 0.15) is 6.04 Å². The van der Waals surface area contributed by atoms with E-state index in [1.165, 1.54) is 18.2 Å². The molecule has 0 radical (unpaired) electrons. The van der Waals surface area contributed by atoms with Crippen molar-refractivity contribution in [1.82, 2.24) is 4.31 Å². The summed E-state index contributed by atoms with van der Waals surface area (Å²) in [5, 5.41) is 9.55. The largest absolute Gasteiger partial charge is 0.480 e. The average molecular weight is 320 g/mol. The van der Waals surface area contributed by atoms with E-state index >= 15 is 0 Å². The molecule has 1 N–H and O–H groups in total. The van der Waals surface area contributed by atoms with Gasteiger partial charge in [-0.2, -0.15) is 4.31 Å². The molecule has 8 heteroatoms. The highest BCUT2D eigenvalue weighted by atomic mass is 35.5. The van der Waals surface area contributed by atoms with Crippen LogP contribution in [0.2, 0.25) is 5.02 Å². The van der Waals surface area contributed by atoms with Gasteiger partial charge in [0.2, 0.25) is 10.0 Å². The molecule has 0 aliphatic carbocycles. The summed E-state index contributed by atoms with van der Waals surface area (Å²) in [6, 6.07) is 3.19. The molecule has 0 amide bonds. The molecule has 0 spiro atoms. The molecule has 1 fully saturated rings. The standard InChI is InChI=1S/C12H14ClNO5S/c1-8-6-9(13)2-3-11(8)20(17,18)14-4-5-19-7-10(14)12(15)16/h2-3,6,10H,4-5,7H2,1H3,(H,15,16). The summed E-state index contributed by atoms with van der Waals surface area (Å²) in [6.45, 7) is 1.66. The normalized spacial score (nSPS) is 20.8. The van der Waals surface area contributed by atoms with E-state index in [1.807, 2.05) is 0 Å². The van der Waals surface area contributed by atoms with Crippen molar-refractivity contribution in [2.45, 2.75) is 17.9 Å². The molecular formula is C12H14ClNO5S. The fourth-order valence-corrected chi connectivity index (χ4v) is 4.09. The molecule has 1 saturated heterocycles. The first-order chi connectivity index (χ1) is 9.34. The Morgan fingerprint density at radius 2 is 2.20 bits per heavy atom. The molecule has 0 saturated carbocycles. The zero-order valence-electron chi connectivity index (χ0n) is 10.7. The Labute approximate surface area is 122 Å². The molecule has 1 unspecified atom stereocenters. The van der Waals surface area contributed by atoms with Crippen LogP contribution in [0.25, 0.3) is 0 Å². The molecule has 20 heavy (non-hydrogen) atoms. The van der Waals surface area contributed by atoms with Gasteiger partial charge in [-0.15, -0.1) is 0 Å². The minimum absolute atomic E-state index is 0.0152. The summed E-state index contributed by atoms with van der Waals surface area (Å²) in [6.07, 6.45) is 0. The van der Waals surface area contributed by atoms with Crippen molar-refractivity contribution < 1.29 is 23.1 Å². The maximum atomic E-state index is 12.6. The van der Waals surface area contributed by atoms with Crippen LogP contribution in [0.15, 0.2) is 23.1 Å². The molecule has 0 bridgehead atoms. The summed E-state index contributed by atoms with van der Waals surface area (Å²) in [4.78, 5) is 11.2. The predicted molar refractivity (Wildman–Crippen MR) is 72.3 cm³/mol. The number of benzene rings is 1. The summed E-state index contributed by atoms with van der Waals surface area (Å²) in [5.74, 6) is -1.22. The average Bonchev–Trinajstić information content (AvgIpc) is 2.38. The van der Waals surface area contributed by atoms with Crippen molar-refractivity contribution in [3.05, 3.63) is 28.8 Å². The van der Waals surface area contributed by atoms with Gasteiger partial charge in [0, 0.05) is 11.6 Å². The fourth-order valence-electron chi connectivity index (χ4n) is 2.10. The van der Waals surface area contributed by atoms with Crippen LogP contribution in [0.5, 0.6) is 0 Å². The maximum absolute atomic E-state index is 12.6. The van der Waals surface area contributed by atoms with Crippen molar-refractivity contribution in [2.75, 3.05) is 19.8 Å². The van der Waals surface area contributed by atoms with Crippen molar-refractivity contribution in [1.29, 1.82) is 0 Å². The number of morpholine rings is 1. The number of aryl methyl sites for hydroxylation is 1. The monoisotopic (exact) mass is 319 g/mol. The highest BCUT2D eigenvalue weighted by Crippen LogP contribution is 2.25. The smallest absolute Gasteiger partial charge is 0.324 e. The van der Waals surface area contributed by atoms with Crippen molar-refractivity contribution in [3.63, 3.8) is 0 Å². The number of rotatable bonds is 3. The minimum Gasteiger partial charge on any atom is -0.480 e. The van der Waals surface area contributed by atoms with E-state index in [0.29, 0.717) is 10.6 Å². The van der Waals surface area contributed by atoms with Crippen molar-refractivity contribution in [2.24, 2.45) is 0 Å². The van der Waals surface area contributed by atoms with Crippen molar-refractivity contribution in [3.8, 4) is 0 Å². The van der Waals surface area contributed by atoms with Crippen LogP contribution in [-0.2, 0) is 19.6 Å². The molecule has 1 heterocycles. The van der Waals surface area contributed by atoms with Crippen LogP contribution in [0, 0.1) is 6.92 Å². The van der Waals surface area contributed by atoms with Crippen LogP contribution in [-0.4, -0.2) is 49.6 Å². The first-order valence-corrected chi connectivity index (χ1v) is 7.74. The molecule has 6 nitrogen and oxygen atoms in total. The number of nitrogens with zero attached hydrogens (tertiary/aromatic N) is 1. The molecule has 1 aliphatic heterocycles. The highest BCUT2D eigenvalue weighted by molar-refractivity contribution is 7.89. The molecule has 1 aromatic rings. The first-order valence-electron chi connectivity index (χ1n) is 5.92. The van der Waals surface area contributed by atoms with Gasteiger partial charge >= 0.3 is 5.97 Å². The van der Waals surface area contributed by atoms with Gasteiger partial charge in [-0.3, -0.25) is 4.79 Å². The summed E-state index contributed by atoms with van der Waals surface area (Å²) < 4.78 is 31.2.